The molecular formula is C13H18ClN3O4. The zero-order valence-corrected chi connectivity index (χ0v) is 12.7. The van der Waals surface area contributed by atoms with Crippen molar-refractivity contribution in [1.29, 1.82) is 0 Å². The number of nitrogens with zero attached hydrogens (tertiary/aromatic N) is 1. The molecule has 0 spiro atoms. The summed E-state index contributed by atoms with van der Waals surface area (Å²) in [6, 6.07) is 2.62. The van der Waals surface area contributed by atoms with Gasteiger partial charge in [-0.25, -0.2) is 0 Å². The van der Waals surface area contributed by atoms with Gasteiger partial charge in [0.15, 0.2) is 0 Å². The highest BCUT2D eigenvalue weighted by Gasteiger charge is 2.20. The normalized spacial score (nSPS) is 10.2. The molecule has 116 valence electrons. The summed E-state index contributed by atoms with van der Waals surface area (Å²) in [5.74, 6) is -0.389. The number of nitro benzene ring substituents is 1. The van der Waals surface area contributed by atoms with Crippen LogP contribution in [0.4, 0.5) is 11.4 Å². The van der Waals surface area contributed by atoms with Gasteiger partial charge in [-0.1, -0.05) is 11.6 Å². The predicted octanol–water partition coefficient (Wildman–Crippen LogP) is 2.45. The van der Waals surface area contributed by atoms with Gasteiger partial charge in [-0.2, -0.15) is 0 Å². The Bertz CT molecular complexity index is 522. The molecule has 0 bridgehead atoms. The van der Waals surface area contributed by atoms with Crippen molar-refractivity contribution in [3.05, 3.63) is 32.8 Å². The van der Waals surface area contributed by atoms with Gasteiger partial charge in [0, 0.05) is 38.9 Å². The van der Waals surface area contributed by atoms with Crippen LogP contribution >= 0.6 is 11.6 Å². The van der Waals surface area contributed by atoms with E-state index in [1.165, 1.54) is 19.2 Å². The van der Waals surface area contributed by atoms with Gasteiger partial charge >= 0.3 is 0 Å². The lowest BCUT2D eigenvalue weighted by atomic mass is 10.1. The number of unbranched alkanes of at least 4 members (excludes halogenated alkanes) is 1. The standard InChI is InChI=1S/C13H18ClN3O4/c1-15-12-10(14)7-9(8-11(12)17(19)20)13(18)16-5-3-4-6-21-2/h7-8,15H,3-6H2,1-2H3,(H,16,18). The van der Waals surface area contributed by atoms with E-state index in [9.17, 15) is 14.9 Å². The zero-order valence-electron chi connectivity index (χ0n) is 11.9. The lowest BCUT2D eigenvalue weighted by Gasteiger charge is -2.09. The average molecular weight is 316 g/mol. The minimum atomic E-state index is -0.576. The fourth-order valence-corrected chi connectivity index (χ4v) is 2.10. The van der Waals surface area contributed by atoms with Gasteiger partial charge in [0.25, 0.3) is 11.6 Å². The molecule has 0 aliphatic rings. The fourth-order valence-electron chi connectivity index (χ4n) is 1.79. The van der Waals surface area contributed by atoms with E-state index in [-0.39, 0.29) is 27.9 Å². The van der Waals surface area contributed by atoms with Gasteiger partial charge in [-0.3, -0.25) is 14.9 Å². The first-order valence-corrected chi connectivity index (χ1v) is 6.82. The van der Waals surface area contributed by atoms with Crippen LogP contribution in [0.25, 0.3) is 0 Å². The van der Waals surface area contributed by atoms with E-state index in [0.29, 0.717) is 13.2 Å². The summed E-state index contributed by atoms with van der Waals surface area (Å²) in [5, 5.41) is 16.5. The minimum absolute atomic E-state index is 0.135. The molecule has 2 N–H and O–H groups in total. The van der Waals surface area contributed by atoms with Crippen molar-refractivity contribution in [2.24, 2.45) is 0 Å². The maximum atomic E-state index is 12.0. The van der Waals surface area contributed by atoms with E-state index in [2.05, 4.69) is 10.6 Å². The summed E-state index contributed by atoms with van der Waals surface area (Å²) in [6.07, 6.45) is 1.60. The maximum absolute atomic E-state index is 12.0. The molecule has 1 amide bonds. The van der Waals surface area contributed by atoms with Crippen LogP contribution < -0.4 is 10.6 Å². The Morgan fingerprint density at radius 3 is 2.71 bits per heavy atom. The summed E-state index contributed by atoms with van der Waals surface area (Å²) < 4.78 is 4.90. The van der Waals surface area contributed by atoms with Crippen LogP contribution in [0.15, 0.2) is 12.1 Å². The smallest absolute Gasteiger partial charge is 0.294 e. The van der Waals surface area contributed by atoms with Crippen molar-refractivity contribution in [1.82, 2.24) is 5.32 Å². The number of halogens is 1. The molecule has 1 aromatic rings. The minimum Gasteiger partial charge on any atom is -0.385 e. The molecule has 0 heterocycles. The Morgan fingerprint density at radius 1 is 1.43 bits per heavy atom. The largest absolute Gasteiger partial charge is 0.385 e. The Labute approximate surface area is 127 Å². The number of hydrogen-bond acceptors (Lipinski definition) is 5. The van der Waals surface area contributed by atoms with Crippen molar-refractivity contribution >= 4 is 28.9 Å². The molecular weight excluding hydrogens is 298 g/mol. The van der Waals surface area contributed by atoms with E-state index in [4.69, 9.17) is 16.3 Å². The van der Waals surface area contributed by atoms with Gasteiger partial charge < -0.3 is 15.4 Å². The van der Waals surface area contributed by atoms with E-state index >= 15 is 0 Å². The van der Waals surface area contributed by atoms with Crippen LogP contribution in [0.5, 0.6) is 0 Å². The molecule has 0 fully saturated rings. The van der Waals surface area contributed by atoms with Crippen LogP contribution in [0.2, 0.25) is 5.02 Å². The summed E-state index contributed by atoms with van der Waals surface area (Å²) in [6.45, 7) is 1.10. The van der Waals surface area contributed by atoms with Crippen molar-refractivity contribution in [3.8, 4) is 0 Å². The second-order valence-corrected chi connectivity index (χ2v) is 4.72. The molecule has 0 unspecified atom stereocenters. The Balaban J connectivity index is 2.78. The molecule has 0 saturated carbocycles. The number of carbonyl (C=O) groups excluding carboxylic acids is 1. The number of hydrogen-bond donors (Lipinski definition) is 2. The molecule has 0 aromatic heterocycles. The summed E-state index contributed by atoms with van der Waals surface area (Å²) in [5.41, 5.74) is 0.130. The molecule has 0 saturated heterocycles. The van der Waals surface area contributed by atoms with E-state index < -0.39 is 4.92 Å². The number of carbonyl (C=O) groups is 1. The molecule has 0 atom stereocenters. The monoisotopic (exact) mass is 315 g/mol. The van der Waals surface area contributed by atoms with Gasteiger partial charge in [0.2, 0.25) is 0 Å². The SMILES string of the molecule is CNc1c(Cl)cc(C(=O)NCCCCOC)cc1[N+](=O)[O-]. The Morgan fingerprint density at radius 2 is 2.14 bits per heavy atom. The fraction of sp³-hybridized carbons (Fsp3) is 0.462. The molecule has 0 aliphatic carbocycles. The lowest BCUT2D eigenvalue weighted by molar-refractivity contribution is -0.383. The van der Waals surface area contributed by atoms with Gasteiger partial charge in [0.1, 0.15) is 5.69 Å². The van der Waals surface area contributed by atoms with Crippen LogP contribution in [0, 0.1) is 10.1 Å². The Kier molecular flexibility index (Phi) is 6.90. The van der Waals surface area contributed by atoms with E-state index in [1.807, 2.05) is 0 Å². The average Bonchev–Trinajstić information content (AvgIpc) is 2.45. The lowest BCUT2D eigenvalue weighted by Crippen LogP contribution is -2.24. The van der Waals surface area contributed by atoms with Gasteiger partial charge in [-0.15, -0.1) is 0 Å². The molecule has 1 aromatic carbocycles. The number of ether oxygens (including phenoxy) is 1. The number of methoxy groups -OCH3 is 1. The number of benzene rings is 1. The van der Waals surface area contributed by atoms with Crippen LogP contribution in [0.1, 0.15) is 23.2 Å². The molecule has 0 aliphatic heterocycles. The third-order valence-corrected chi connectivity index (χ3v) is 3.14. The van der Waals surface area contributed by atoms with Crippen molar-refractivity contribution in [2.75, 3.05) is 32.6 Å². The van der Waals surface area contributed by atoms with Crippen molar-refractivity contribution in [2.45, 2.75) is 12.8 Å². The first-order chi connectivity index (χ1) is 10.0. The van der Waals surface area contributed by atoms with Gasteiger partial charge in [0.05, 0.1) is 9.95 Å². The number of anilines is 1. The summed E-state index contributed by atoms with van der Waals surface area (Å²) in [7, 11) is 3.15. The van der Waals surface area contributed by atoms with E-state index in [0.717, 1.165) is 12.8 Å². The molecule has 7 nitrogen and oxygen atoms in total. The first-order valence-electron chi connectivity index (χ1n) is 6.44. The molecule has 21 heavy (non-hydrogen) atoms. The third kappa shape index (κ3) is 4.87. The maximum Gasteiger partial charge on any atom is 0.294 e. The molecule has 8 heteroatoms. The number of nitro groups is 1. The topological polar surface area (TPSA) is 93.5 Å². The van der Waals surface area contributed by atoms with Crippen LogP contribution in [-0.2, 0) is 4.74 Å². The number of rotatable bonds is 8. The zero-order chi connectivity index (χ0) is 15.8. The predicted molar refractivity (Wildman–Crippen MR) is 81.1 cm³/mol. The quantitative estimate of drug-likeness (QED) is 0.436. The van der Waals surface area contributed by atoms with Crippen molar-refractivity contribution < 1.29 is 14.5 Å². The van der Waals surface area contributed by atoms with Gasteiger partial charge in [-0.05, 0) is 18.9 Å². The second-order valence-electron chi connectivity index (χ2n) is 4.32. The summed E-state index contributed by atoms with van der Waals surface area (Å²) >= 11 is 5.96. The first kappa shape index (κ1) is 17.2. The van der Waals surface area contributed by atoms with Crippen LogP contribution in [0.3, 0.4) is 0 Å². The second kappa shape index (κ2) is 8.43. The van der Waals surface area contributed by atoms with Crippen LogP contribution in [-0.4, -0.2) is 38.1 Å². The van der Waals surface area contributed by atoms with E-state index in [1.54, 1.807) is 7.11 Å². The molecule has 1 rings (SSSR count). The van der Waals surface area contributed by atoms with Crippen molar-refractivity contribution in [3.63, 3.8) is 0 Å². The highest BCUT2D eigenvalue weighted by atomic mass is 35.5. The highest BCUT2D eigenvalue weighted by molar-refractivity contribution is 6.34. The third-order valence-electron chi connectivity index (χ3n) is 2.84. The Hall–Kier alpha value is -1.86. The highest BCUT2D eigenvalue weighted by Crippen LogP contribution is 2.33. The number of nitrogens with one attached hydrogen (secondary N) is 2. The summed E-state index contributed by atoms with van der Waals surface area (Å²) in [4.78, 5) is 22.4. The number of amides is 1. The molecule has 0 radical (unpaired) electrons.